The van der Waals surface area contributed by atoms with Crippen LogP contribution in [-0.2, 0) is 0 Å². The van der Waals surface area contributed by atoms with Crippen molar-refractivity contribution in [2.24, 2.45) is 5.73 Å². The normalized spacial score (nSPS) is 15.7. The van der Waals surface area contributed by atoms with Gasteiger partial charge in [-0.3, -0.25) is 0 Å². The topological polar surface area (TPSA) is 66.5 Å². The summed E-state index contributed by atoms with van der Waals surface area (Å²) in [6, 6.07) is 3.03. The minimum atomic E-state index is -0.732. The number of halogens is 1. The lowest BCUT2D eigenvalue weighted by Gasteiger charge is -2.15. The summed E-state index contributed by atoms with van der Waals surface area (Å²) in [6.45, 7) is -0.0165. The molecule has 13 heavy (non-hydrogen) atoms. The standard InChI is InChI=1S/C8H12ClNO2S/c9-7-2-1-6(13-7)8(12)5(10)3-4-11/h1-2,5,8,11-12H,3-4,10H2. The van der Waals surface area contributed by atoms with Crippen LogP contribution in [0.2, 0.25) is 4.34 Å². The predicted molar refractivity (Wildman–Crippen MR) is 54.0 cm³/mol. The summed E-state index contributed by atoms with van der Waals surface area (Å²) in [7, 11) is 0. The van der Waals surface area contributed by atoms with Crippen molar-refractivity contribution in [2.75, 3.05) is 6.61 Å². The minimum Gasteiger partial charge on any atom is -0.396 e. The largest absolute Gasteiger partial charge is 0.396 e. The third-order valence-corrected chi connectivity index (χ3v) is 3.06. The lowest BCUT2D eigenvalue weighted by Crippen LogP contribution is -2.28. The highest BCUT2D eigenvalue weighted by molar-refractivity contribution is 7.16. The molecule has 0 amide bonds. The molecule has 1 rings (SSSR count). The zero-order valence-corrected chi connectivity index (χ0v) is 8.55. The van der Waals surface area contributed by atoms with E-state index in [4.69, 9.17) is 22.4 Å². The van der Waals surface area contributed by atoms with Crippen LogP contribution in [0.25, 0.3) is 0 Å². The van der Waals surface area contributed by atoms with Gasteiger partial charge in [0.05, 0.1) is 4.34 Å². The fraction of sp³-hybridized carbons (Fsp3) is 0.500. The molecular weight excluding hydrogens is 210 g/mol. The molecule has 0 bridgehead atoms. The molecule has 0 saturated carbocycles. The second-order valence-electron chi connectivity index (χ2n) is 2.76. The summed E-state index contributed by atoms with van der Waals surface area (Å²) in [5.41, 5.74) is 5.62. The number of rotatable bonds is 4. The number of nitrogens with two attached hydrogens (primary N) is 1. The Bertz CT molecular complexity index is 266. The fourth-order valence-corrected chi connectivity index (χ4v) is 2.13. The lowest BCUT2D eigenvalue weighted by molar-refractivity contribution is 0.132. The van der Waals surface area contributed by atoms with Crippen molar-refractivity contribution in [1.29, 1.82) is 0 Å². The first-order valence-corrected chi connectivity index (χ1v) is 5.14. The zero-order valence-electron chi connectivity index (χ0n) is 6.98. The van der Waals surface area contributed by atoms with Gasteiger partial charge in [0.2, 0.25) is 0 Å². The Morgan fingerprint density at radius 3 is 2.69 bits per heavy atom. The molecule has 2 unspecified atom stereocenters. The highest BCUT2D eigenvalue weighted by atomic mass is 35.5. The van der Waals surface area contributed by atoms with Crippen LogP contribution in [0.1, 0.15) is 17.4 Å². The van der Waals surface area contributed by atoms with E-state index in [1.54, 1.807) is 12.1 Å². The van der Waals surface area contributed by atoms with Gasteiger partial charge in [0.15, 0.2) is 0 Å². The predicted octanol–water partition coefficient (Wildman–Crippen LogP) is 1.14. The third-order valence-electron chi connectivity index (χ3n) is 1.75. The molecule has 1 aromatic rings. The van der Waals surface area contributed by atoms with Gasteiger partial charge in [-0.15, -0.1) is 11.3 Å². The van der Waals surface area contributed by atoms with Crippen LogP contribution in [0.4, 0.5) is 0 Å². The van der Waals surface area contributed by atoms with E-state index in [0.717, 1.165) is 4.88 Å². The minimum absolute atomic E-state index is 0.0165. The molecular formula is C8H12ClNO2S. The Hall–Kier alpha value is -0.130. The Kier molecular flexibility index (Phi) is 4.15. The van der Waals surface area contributed by atoms with Crippen molar-refractivity contribution in [1.82, 2.24) is 0 Å². The highest BCUT2D eigenvalue weighted by Gasteiger charge is 2.17. The Morgan fingerprint density at radius 2 is 2.23 bits per heavy atom. The SMILES string of the molecule is NC(CCO)C(O)c1ccc(Cl)s1. The summed E-state index contributed by atoms with van der Waals surface area (Å²) in [5.74, 6) is 0. The van der Waals surface area contributed by atoms with Crippen molar-refractivity contribution >= 4 is 22.9 Å². The van der Waals surface area contributed by atoms with E-state index < -0.39 is 12.1 Å². The molecule has 4 N–H and O–H groups in total. The summed E-state index contributed by atoms with van der Waals surface area (Å²) in [5, 5.41) is 18.3. The van der Waals surface area contributed by atoms with Crippen LogP contribution >= 0.6 is 22.9 Å². The number of aliphatic hydroxyl groups is 2. The van der Waals surface area contributed by atoms with Crippen LogP contribution in [0.5, 0.6) is 0 Å². The van der Waals surface area contributed by atoms with Gasteiger partial charge < -0.3 is 15.9 Å². The molecule has 0 aliphatic rings. The van der Waals surface area contributed by atoms with Gasteiger partial charge in [-0.1, -0.05) is 11.6 Å². The van der Waals surface area contributed by atoms with Gasteiger partial charge in [0.25, 0.3) is 0 Å². The van der Waals surface area contributed by atoms with Crippen LogP contribution in [0, 0.1) is 0 Å². The molecule has 0 radical (unpaired) electrons. The van der Waals surface area contributed by atoms with E-state index in [9.17, 15) is 5.11 Å². The number of thiophene rings is 1. The lowest BCUT2D eigenvalue weighted by atomic mass is 10.1. The maximum Gasteiger partial charge on any atom is 0.103 e. The van der Waals surface area contributed by atoms with Gasteiger partial charge in [0.1, 0.15) is 6.10 Å². The smallest absolute Gasteiger partial charge is 0.103 e. The van der Waals surface area contributed by atoms with Crippen LogP contribution in [-0.4, -0.2) is 22.9 Å². The number of aliphatic hydroxyl groups excluding tert-OH is 2. The summed E-state index contributed by atoms with van der Waals surface area (Å²) >= 11 is 7.01. The Morgan fingerprint density at radius 1 is 1.54 bits per heavy atom. The first-order chi connectivity index (χ1) is 6.15. The molecule has 0 aliphatic heterocycles. The van der Waals surface area contributed by atoms with E-state index in [-0.39, 0.29) is 6.61 Å². The summed E-state index contributed by atoms with van der Waals surface area (Å²) in [4.78, 5) is 0.742. The average Bonchev–Trinajstić information content (AvgIpc) is 2.51. The van der Waals surface area contributed by atoms with Crippen molar-refractivity contribution < 1.29 is 10.2 Å². The summed E-state index contributed by atoms with van der Waals surface area (Å²) in [6.07, 6.45) is -0.346. The van der Waals surface area contributed by atoms with Gasteiger partial charge in [-0.05, 0) is 18.6 Å². The van der Waals surface area contributed by atoms with E-state index in [1.807, 2.05) is 0 Å². The number of hydrogen-bond acceptors (Lipinski definition) is 4. The van der Waals surface area contributed by atoms with Crippen molar-refractivity contribution in [3.8, 4) is 0 Å². The molecule has 0 aliphatic carbocycles. The quantitative estimate of drug-likeness (QED) is 0.715. The molecule has 0 spiro atoms. The molecule has 5 heteroatoms. The van der Waals surface area contributed by atoms with Crippen LogP contribution < -0.4 is 5.73 Å². The molecule has 0 saturated heterocycles. The highest BCUT2D eigenvalue weighted by Crippen LogP contribution is 2.28. The molecule has 0 aromatic carbocycles. The molecule has 0 fully saturated rings. The van der Waals surface area contributed by atoms with E-state index in [0.29, 0.717) is 10.8 Å². The van der Waals surface area contributed by atoms with E-state index in [2.05, 4.69) is 0 Å². The maximum absolute atomic E-state index is 9.65. The molecule has 1 aromatic heterocycles. The van der Waals surface area contributed by atoms with Gasteiger partial charge >= 0.3 is 0 Å². The monoisotopic (exact) mass is 221 g/mol. The van der Waals surface area contributed by atoms with E-state index >= 15 is 0 Å². The molecule has 1 heterocycles. The first kappa shape index (κ1) is 10.9. The fourth-order valence-electron chi connectivity index (χ4n) is 1.01. The Labute approximate surface area is 85.8 Å². The van der Waals surface area contributed by atoms with Crippen LogP contribution in [0.15, 0.2) is 12.1 Å². The van der Waals surface area contributed by atoms with Crippen molar-refractivity contribution in [3.05, 3.63) is 21.3 Å². The van der Waals surface area contributed by atoms with Gasteiger partial charge in [0, 0.05) is 17.5 Å². The third kappa shape index (κ3) is 2.93. The molecule has 3 nitrogen and oxygen atoms in total. The second kappa shape index (κ2) is 4.93. The molecule has 2 atom stereocenters. The number of hydrogen-bond donors (Lipinski definition) is 3. The van der Waals surface area contributed by atoms with Gasteiger partial charge in [-0.25, -0.2) is 0 Å². The van der Waals surface area contributed by atoms with Crippen LogP contribution in [0.3, 0.4) is 0 Å². The molecule has 74 valence electrons. The van der Waals surface area contributed by atoms with Crippen molar-refractivity contribution in [2.45, 2.75) is 18.6 Å². The zero-order chi connectivity index (χ0) is 9.84. The summed E-state index contributed by atoms with van der Waals surface area (Å²) < 4.78 is 0.630. The first-order valence-electron chi connectivity index (χ1n) is 3.95. The average molecular weight is 222 g/mol. The van der Waals surface area contributed by atoms with Gasteiger partial charge in [-0.2, -0.15) is 0 Å². The Balaban J connectivity index is 2.61. The maximum atomic E-state index is 9.65. The van der Waals surface area contributed by atoms with Crippen molar-refractivity contribution in [3.63, 3.8) is 0 Å². The second-order valence-corrected chi connectivity index (χ2v) is 4.51. The van der Waals surface area contributed by atoms with E-state index in [1.165, 1.54) is 11.3 Å².